The van der Waals surface area contributed by atoms with E-state index in [-0.39, 0.29) is 5.92 Å². The maximum atomic E-state index is 11.4. The molecule has 1 saturated heterocycles. The second-order valence-corrected chi connectivity index (χ2v) is 9.25. The lowest BCUT2D eigenvalue weighted by atomic mass is 9.96. The van der Waals surface area contributed by atoms with E-state index < -0.39 is 5.97 Å². The number of hydrogen-bond acceptors (Lipinski definition) is 4. The van der Waals surface area contributed by atoms with Crippen molar-refractivity contribution in [1.29, 1.82) is 0 Å². The summed E-state index contributed by atoms with van der Waals surface area (Å²) in [6.07, 6.45) is 2.42. The van der Waals surface area contributed by atoms with Crippen molar-refractivity contribution in [2.24, 2.45) is 5.92 Å². The average molecular weight is 430 g/mol. The number of benzene rings is 2. The van der Waals surface area contributed by atoms with E-state index in [0.29, 0.717) is 31.3 Å². The first-order valence-electron chi connectivity index (χ1n) is 11.4. The molecule has 1 fully saturated rings. The molecule has 0 radical (unpaired) electrons. The summed E-state index contributed by atoms with van der Waals surface area (Å²) in [5.74, 6) is 0.523. The average Bonchev–Trinajstić information content (AvgIpc) is 3.30. The van der Waals surface area contributed by atoms with Crippen molar-refractivity contribution in [2.45, 2.75) is 46.0 Å². The topological polar surface area (TPSA) is 66.3 Å². The molecule has 1 aliphatic heterocycles. The molecular formula is C27H31N3O2. The fourth-order valence-corrected chi connectivity index (χ4v) is 4.19. The third-order valence-corrected chi connectivity index (χ3v) is 6.30. The first-order valence-corrected chi connectivity index (χ1v) is 11.4. The summed E-state index contributed by atoms with van der Waals surface area (Å²) < 4.78 is 0. The first kappa shape index (κ1) is 22.0. The van der Waals surface area contributed by atoms with Crippen molar-refractivity contribution in [1.82, 2.24) is 9.97 Å². The molecule has 0 aliphatic carbocycles. The predicted molar refractivity (Wildman–Crippen MR) is 129 cm³/mol. The van der Waals surface area contributed by atoms with Crippen molar-refractivity contribution in [2.75, 3.05) is 18.0 Å². The van der Waals surface area contributed by atoms with Crippen LogP contribution in [-0.4, -0.2) is 34.1 Å². The minimum absolute atomic E-state index is 0.354. The Morgan fingerprint density at radius 3 is 2.31 bits per heavy atom. The fourth-order valence-electron chi connectivity index (χ4n) is 4.19. The molecule has 1 N–H and O–H groups in total. The quantitative estimate of drug-likeness (QED) is 0.523. The summed E-state index contributed by atoms with van der Waals surface area (Å²) in [4.78, 5) is 23.3. The Morgan fingerprint density at radius 2 is 1.69 bits per heavy atom. The highest BCUT2D eigenvalue weighted by molar-refractivity contribution is 5.79. The number of anilines is 1. The van der Waals surface area contributed by atoms with Crippen LogP contribution in [0, 0.1) is 5.92 Å². The predicted octanol–water partition coefficient (Wildman–Crippen LogP) is 5.97. The molecule has 0 bridgehead atoms. The number of carboxylic acids is 1. The molecule has 3 aromatic rings. The number of carboxylic acid groups (broad SMARTS) is 1. The second kappa shape index (κ2) is 9.11. The van der Waals surface area contributed by atoms with Gasteiger partial charge in [-0.3, -0.25) is 9.78 Å². The molecule has 2 aromatic carbocycles. The molecule has 2 heterocycles. The van der Waals surface area contributed by atoms with E-state index in [0.717, 1.165) is 28.3 Å². The van der Waals surface area contributed by atoms with E-state index in [4.69, 9.17) is 9.97 Å². The molecule has 1 unspecified atom stereocenters. The van der Waals surface area contributed by atoms with E-state index in [1.165, 1.54) is 11.1 Å². The maximum absolute atomic E-state index is 11.4. The minimum Gasteiger partial charge on any atom is -0.481 e. The van der Waals surface area contributed by atoms with Crippen molar-refractivity contribution < 1.29 is 9.90 Å². The van der Waals surface area contributed by atoms with Gasteiger partial charge in [0.05, 0.1) is 23.5 Å². The van der Waals surface area contributed by atoms with Crippen LogP contribution in [-0.2, 0) is 4.79 Å². The van der Waals surface area contributed by atoms with Crippen molar-refractivity contribution in [3.05, 3.63) is 65.9 Å². The lowest BCUT2D eigenvalue weighted by molar-refractivity contribution is -0.140. The van der Waals surface area contributed by atoms with Crippen molar-refractivity contribution in [3.8, 4) is 22.5 Å². The van der Waals surface area contributed by atoms with Crippen LogP contribution in [0.15, 0.2) is 54.7 Å². The van der Waals surface area contributed by atoms with Gasteiger partial charge in [0.15, 0.2) is 0 Å². The zero-order chi connectivity index (χ0) is 22.8. The van der Waals surface area contributed by atoms with Gasteiger partial charge in [0.1, 0.15) is 5.82 Å². The highest BCUT2D eigenvalue weighted by Crippen LogP contribution is 2.34. The van der Waals surface area contributed by atoms with Gasteiger partial charge in [-0.25, -0.2) is 4.98 Å². The monoisotopic (exact) mass is 429 g/mol. The van der Waals surface area contributed by atoms with E-state index in [1.54, 1.807) is 6.20 Å². The van der Waals surface area contributed by atoms with E-state index in [1.807, 2.05) is 4.90 Å². The smallest absolute Gasteiger partial charge is 0.308 e. The highest BCUT2D eigenvalue weighted by atomic mass is 16.4. The van der Waals surface area contributed by atoms with E-state index in [2.05, 4.69) is 76.2 Å². The number of aliphatic carboxylic acids is 1. The SMILES string of the molecule is CC(C)c1ccc(-c2nc(N3CCC(C(=O)O)C3)cnc2-c2cccc(C(C)C)c2)cc1. The summed E-state index contributed by atoms with van der Waals surface area (Å²) in [5, 5.41) is 9.38. The van der Waals surface area contributed by atoms with Gasteiger partial charge in [-0.1, -0.05) is 70.2 Å². The van der Waals surface area contributed by atoms with Gasteiger partial charge in [0.2, 0.25) is 0 Å². The van der Waals surface area contributed by atoms with Gasteiger partial charge in [-0.05, 0) is 35.4 Å². The summed E-state index contributed by atoms with van der Waals surface area (Å²) >= 11 is 0. The van der Waals surface area contributed by atoms with Crippen LogP contribution >= 0.6 is 0 Å². The van der Waals surface area contributed by atoms with Crippen LogP contribution in [0.25, 0.3) is 22.5 Å². The second-order valence-electron chi connectivity index (χ2n) is 9.25. The van der Waals surface area contributed by atoms with Gasteiger partial charge < -0.3 is 10.0 Å². The number of hydrogen-bond donors (Lipinski definition) is 1. The molecule has 0 amide bonds. The zero-order valence-corrected chi connectivity index (χ0v) is 19.2. The standard InChI is InChI=1S/C27H31N3O2/c1-17(2)19-8-10-20(11-9-19)26-25(22-7-5-6-21(14-22)18(3)4)28-15-24(29-26)30-13-12-23(16-30)27(31)32/h5-11,14-15,17-18,23H,12-13,16H2,1-4H3,(H,31,32). The van der Waals surface area contributed by atoms with Gasteiger partial charge in [-0.15, -0.1) is 0 Å². The third kappa shape index (κ3) is 4.52. The van der Waals surface area contributed by atoms with Gasteiger partial charge >= 0.3 is 5.97 Å². The summed E-state index contributed by atoms with van der Waals surface area (Å²) in [5.41, 5.74) is 6.29. The molecule has 1 aliphatic rings. The Hall–Kier alpha value is -3.21. The van der Waals surface area contributed by atoms with Crippen LogP contribution in [0.5, 0.6) is 0 Å². The normalized spacial score (nSPS) is 16.2. The number of rotatable bonds is 6. The Bertz CT molecular complexity index is 1110. The molecule has 5 heteroatoms. The van der Waals surface area contributed by atoms with Crippen LogP contribution < -0.4 is 4.90 Å². The summed E-state index contributed by atoms with van der Waals surface area (Å²) in [7, 11) is 0. The molecular weight excluding hydrogens is 398 g/mol. The van der Waals surface area contributed by atoms with Crippen molar-refractivity contribution in [3.63, 3.8) is 0 Å². The Kier molecular flexibility index (Phi) is 6.26. The summed E-state index contributed by atoms with van der Waals surface area (Å²) in [6.45, 7) is 9.89. The lowest BCUT2D eigenvalue weighted by Crippen LogP contribution is -2.23. The van der Waals surface area contributed by atoms with Crippen LogP contribution in [0.1, 0.15) is 57.1 Å². The fraction of sp³-hybridized carbons (Fsp3) is 0.370. The molecule has 0 spiro atoms. The Morgan fingerprint density at radius 1 is 0.969 bits per heavy atom. The zero-order valence-electron chi connectivity index (χ0n) is 19.2. The van der Waals surface area contributed by atoms with Gasteiger partial charge in [0.25, 0.3) is 0 Å². The molecule has 0 saturated carbocycles. The number of aromatic nitrogens is 2. The van der Waals surface area contributed by atoms with Crippen molar-refractivity contribution >= 4 is 11.8 Å². The van der Waals surface area contributed by atoms with E-state index in [9.17, 15) is 9.90 Å². The molecule has 32 heavy (non-hydrogen) atoms. The Balaban J connectivity index is 1.79. The van der Waals surface area contributed by atoms with Crippen LogP contribution in [0.2, 0.25) is 0 Å². The molecule has 1 aromatic heterocycles. The molecule has 166 valence electrons. The number of nitrogens with zero attached hydrogens (tertiary/aromatic N) is 3. The Labute approximate surface area is 190 Å². The van der Waals surface area contributed by atoms with E-state index >= 15 is 0 Å². The van der Waals surface area contributed by atoms with Crippen LogP contribution in [0.3, 0.4) is 0 Å². The van der Waals surface area contributed by atoms with Crippen LogP contribution in [0.4, 0.5) is 5.82 Å². The largest absolute Gasteiger partial charge is 0.481 e. The lowest BCUT2D eigenvalue weighted by Gasteiger charge is -2.19. The molecule has 4 rings (SSSR count). The third-order valence-electron chi connectivity index (χ3n) is 6.30. The summed E-state index contributed by atoms with van der Waals surface area (Å²) in [6, 6.07) is 17.0. The molecule has 5 nitrogen and oxygen atoms in total. The number of carbonyl (C=O) groups is 1. The maximum Gasteiger partial charge on any atom is 0.308 e. The van der Waals surface area contributed by atoms with Gasteiger partial charge in [0, 0.05) is 24.2 Å². The first-order chi connectivity index (χ1) is 15.3. The minimum atomic E-state index is -0.743. The van der Waals surface area contributed by atoms with Gasteiger partial charge in [-0.2, -0.15) is 0 Å². The molecule has 1 atom stereocenters. The highest BCUT2D eigenvalue weighted by Gasteiger charge is 2.29.